The molecule has 3 aliphatic rings. The molecule has 0 unspecified atom stereocenters. The zero-order chi connectivity index (χ0) is 29.5. The first kappa shape index (κ1) is 29.2. The maximum atomic E-state index is 11.8. The van der Waals surface area contributed by atoms with E-state index in [-0.39, 0.29) is 11.8 Å². The molecule has 5 N–H and O–H groups in total. The van der Waals surface area contributed by atoms with Crippen molar-refractivity contribution in [2.24, 2.45) is 11.5 Å². The van der Waals surface area contributed by atoms with Gasteiger partial charge in [0.2, 0.25) is 5.91 Å². The van der Waals surface area contributed by atoms with Crippen LogP contribution in [0.25, 0.3) is 0 Å². The molecule has 6 rings (SSSR count). The van der Waals surface area contributed by atoms with Crippen molar-refractivity contribution in [3.63, 3.8) is 0 Å². The SMILES string of the molecule is CN1CCC(Oc2ccc(Nc3nc(N4CCCCC4)cnc3C(N)=O)cc2)CC1.NC(=O)c1ccc(C2CC2)nc1. The highest BCUT2D eigenvalue weighted by molar-refractivity contribution is 5.96. The Hall–Kier alpha value is -4.25. The van der Waals surface area contributed by atoms with Gasteiger partial charge in [-0.05, 0) is 88.4 Å². The Morgan fingerprint density at radius 1 is 0.857 bits per heavy atom. The molecule has 4 heterocycles. The number of ether oxygens (including phenoxy) is 1. The van der Waals surface area contributed by atoms with Gasteiger partial charge in [0.1, 0.15) is 17.7 Å². The van der Waals surface area contributed by atoms with E-state index in [1.807, 2.05) is 30.3 Å². The van der Waals surface area contributed by atoms with Crippen molar-refractivity contribution in [3.8, 4) is 5.75 Å². The summed E-state index contributed by atoms with van der Waals surface area (Å²) in [5, 5.41) is 3.21. The largest absolute Gasteiger partial charge is 0.490 e. The third-order valence-electron chi connectivity index (χ3n) is 7.83. The Labute approximate surface area is 246 Å². The molecule has 1 aromatic carbocycles. The van der Waals surface area contributed by atoms with Crippen LogP contribution in [0.4, 0.5) is 17.3 Å². The number of nitrogens with two attached hydrogens (primary N) is 2. The second-order valence-electron chi connectivity index (χ2n) is 11.2. The molecule has 3 fully saturated rings. The number of primary amides is 2. The van der Waals surface area contributed by atoms with Gasteiger partial charge >= 0.3 is 0 Å². The summed E-state index contributed by atoms with van der Waals surface area (Å²) in [5.41, 5.74) is 13.1. The molecule has 0 atom stereocenters. The fraction of sp³-hybridized carbons (Fsp3) is 0.452. The van der Waals surface area contributed by atoms with Gasteiger partial charge in [0, 0.05) is 49.7 Å². The lowest BCUT2D eigenvalue weighted by Gasteiger charge is -2.29. The predicted octanol–water partition coefficient (Wildman–Crippen LogP) is 3.84. The fourth-order valence-electron chi connectivity index (χ4n) is 5.14. The first-order valence-corrected chi connectivity index (χ1v) is 14.8. The number of benzene rings is 1. The van der Waals surface area contributed by atoms with Crippen LogP contribution in [0.3, 0.4) is 0 Å². The van der Waals surface area contributed by atoms with Gasteiger partial charge < -0.3 is 31.3 Å². The number of nitrogens with zero attached hydrogens (tertiary/aromatic N) is 5. The van der Waals surface area contributed by atoms with Crippen LogP contribution in [0.1, 0.15) is 77.4 Å². The minimum atomic E-state index is -0.600. The van der Waals surface area contributed by atoms with Crippen LogP contribution in [-0.2, 0) is 0 Å². The average Bonchev–Trinajstić information content (AvgIpc) is 3.86. The number of amides is 2. The Balaban J connectivity index is 0.000000244. The third kappa shape index (κ3) is 7.94. The normalized spacial score (nSPS) is 17.6. The molecule has 11 nitrogen and oxygen atoms in total. The number of hydrogen-bond acceptors (Lipinski definition) is 9. The van der Waals surface area contributed by atoms with Crippen molar-refractivity contribution in [1.29, 1.82) is 0 Å². The second-order valence-corrected chi connectivity index (χ2v) is 11.2. The van der Waals surface area contributed by atoms with Gasteiger partial charge in [-0.1, -0.05) is 0 Å². The molecule has 0 bridgehead atoms. The minimum Gasteiger partial charge on any atom is -0.490 e. The van der Waals surface area contributed by atoms with Crippen molar-refractivity contribution < 1.29 is 14.3 Å². The highest BCUT2D eigenvalue weighted by Crippen LogP contribution is 2.38. The van der Waals surface area contributed by atoms with Crippen LogP contribution in [0.2, 0.25) is 0 Å². The number of carbonyl (C=O) groups excluding carboxylic acids is 2. The summed E-state index contributed by atoms with van der Waals surface area (Å²) in [6.45, 7) is 4.03. The van der Waals surface area contributed by atoms with E-state index in [4.69, 9.17) is 16.2 Å². The fourth-order valence-corrected chi connectivity index (χ4v) is 5.14. The molecule has 0 spiro atoms. The number of anilines is 3. The van der Waals surface area contributed by atoms with E-state index in [0.29, 0.717) is 17.3 Å². The Kier molecular flexibility index (Phi) is 9.48. The highest BCUT2D eigenvalue weighted by atomic mass is 16.5. The Bertz CT molecular complexity index is 1350. The molecule has 2 saturated heterocycles. The number of likely N-dealkylation sites (tertiary alicyclic amines) is 1. The summed E-state index contributed by atoms with van der Waals surface area (Å²) >= 11 is 0. The number of rotatable bonds is 8. The summed E-state index contributed by atoms with van der Waals surface area (Å²) in [6.07, 6.45) is 11.5. The lowest BCUT2D eigenvalue weighted by molar-refractivity contribution is 0.0989. The predicted molar refractivity (Wildman–Crippen MR) is 162 cm³/mol. The van der Waals surface area contributed by atoms with E-state index in [2.05, 4.69) is 37.1 Å². The Morgan fingerprint density at radius 2 is 1.57 bits per heavy atom. The smallest absolute Gasteiger partial charge is 0.271 e. The summed E-state index contributed by atoms with van der Waals surface area (Å²) in [7, 11) is 2.14. The highest BCUT2D eigenvalue weighted by Gasteiger charge is 2.24. The van der Waals surface area contributed by atoms with E-state index in [1.54, 1.807) is 18.5 Å². The average molecular weight is 573 g/mol. The summed E-state index contributed by atoms with van der Waals surface area (Å²) in [5.74, 6) is 1.62. The molecule has 2 amide bonds. The summed E-state index contributed by atoms with van der Waals surface area (Å²) in [4.78, 5) is 40.1. The Morgan fingerprint density at radius 3 is 2.17 bits per heavy atom. The summed E-state index contributed by atoms with van der Waals surface area (Å²) < 4.78 is 6.11. The lowest BCUT2D eigenvalue weighted by atomic mass is 10.1. The first-order chi connectivity index (χ1) is 20.4. The van der Waals surface area contributed by atoms with Gasteiger partial charge in [-0.15, -0.1) is 0 Å². The van der Waals surface area contributed by atoms with Gasteiger partial charge in [-0.2, -0.15) is 0 Å². The molecule has 0 radical (unpaired) electrons. The third-order valence-corrected chi connectivity index (χ3v) is 7.83. The molecule has 222 valence electrons. The molecular formula is C31H40N8O3. The maximum absolute atomic E-state index is 11.8. The van der Waals surface area contributed by atoms with Crippen molar-refractivity contribution in [2.75, 3.05) is 43.4 Å². The van der Waals surface area contributed by atoms with Crippen LogP contribution < -0.4 is 26.4 Å². The van der Waals surface area contributed by atoms with Crippen LogP contribution in [0.5, 0.6) is 5.75 Å². The number of hydrogen-bond donors (Lipinski definition) is 3. The number of piperidine rings is 2. The van der Waals surface area contributed by atoms with Crippen LogP contribution in [0, 0.1) is 0 Å². The van der Waals surface area contributed by atoms with Gasteiger partial charge in [-0.3, -0.25) is 14.6 Å². The van der Waals surface area contributed by atoms with Gasteiger partial charge in [0.15, 0.2) is 11.5 Å². The monoisotopic (exact) mass is 572 g/mol. The quantitative estimate of drug-likeness (QED) is 0.365. The van der Waals surface area contributed by atoms with Crippen molar-refractivity contribution in [2.45, 2.75) is 57.0 Å². The standard InChI is InChI=1S/C22H30N6O2.C9H10N2O/c1-27-13-9-18(10-14-27)30-17-7-5-16(6-8-17)25-22-20(21(23)29)24-15-19(26-22)28-11-3-2-4-12-28;10-9(12)7-3-4-8(11-5-7)6-1-2-6/h5-8,15,18H,2-4,9-14H2,1H3,(H2,23,29)(H,25,26);3-6H,1-2H2,(H2,10,12). The lowest BCUT2D eigenvalue weighted by Crippen LogP contribution is -2.35. The molecule has 11 heteroatoms. The van der Waals surface area contributed by atoms with Gasteiger partial charge in [-0.25, -0.2) is 9.97 Å². The number of aromatic nitrogens is 3. The summed E-state index contributed by atoms with van der Waals surface area (Å²) in [6, 6.07) is 11.3. The zero-order valence-electron chi connectivity index (χ0n) is 24.2. The molecule has 1 saturated carbocycles. The van der Waals surface area contributed by atoms with Gasteiger partial charge in [0.25, 0.3) is 5.91 Å². The molecule has 3 aromatic rings. The molecule has 2 aromatic heterocycles. The van der Waals surface area contributed by atoms with Crippen molar-refractivity contribution in [3.05, 3.63) is 65.7 Å². The second kappa shape index (κ2) is 13.6. The van der Waals surface area contributed by atoms with E-state index < -0.39 is 11.8 Å². The minimum absolute atomic E-state index is 0.141. The van der Waals surface area contributed by atoms with E-state index in [1.165, 1.54) is 19.3 Å². The molecule has 2 aliphatic heterocycles. The van der Waals surface area contributed by atoms with E-state index >= 15 is 0 Å². The van der Waals surface area contributed by atoms with Crippen molar-refractivity contribution in [1.82, 2.24) is 19.9 Å². The van der Waals surface area contributed by atoms with E-state index in [0.717, 1.165) is 74.8 Å². The van der Waals surface area contributed by atoms with Crippen LogP contribution in [0.15, 0.2) is 48.8 Å². The number of carbonyl (C=O) groups is 2. The van der Waals surface area contributed by atoms with Crippen molar-refractivity contribution >= 4 is 29.1 Å². The topological polar surface area (TPSA) is 153 Å². The number of nitrogens with one attached hydrogen (secondary N) is 1. The van der Waals surface area contributed by atoms with Gasteiger partial charge in [0.05, 0.1) is 11.8 Å². The maximum Gasteiger partial charge on any atom is 0.271 e. The zero-order valence-corrected chi connectivity index (χ0v) is 24.2. The van der Waals surface area contributed by atoms with E-state index in [9.17, 15) is 9.59 Å². The molecule has 42 heavy (non-hydrogen) atoms. The molecule has 1 aliphatic carbocycles. The molecular weight excluding hydrogens is 532 g/mol. The number of pyridine rings is 1. The van der Waals surface area contributed by atoms with Crippen LogP contribution >= 0.6 is 0 Å². The van der Waals surface area contributed by atoms with Crippen LogP contribution in [-0.4, -0.2) is 71.0 Å². The first-order valence-electron chi connectivity index (χ1n) is 14.8.